The van der Waals surface area contributed by atoms with Crippen LogP contribution in [0.25, 0.3) is 0 Å². The number of aromatic nitrogens is 2. The van der Waals surface area contributed by atoms with Crippen molar-refractivity contribution in [2.75, 3.05) is 11.4 Å². The molecule has 28 heavy (non-hydrogen) atoms. The lowest BCUT2D eigenvalue weighted by atomic mass is 10.1. The second-order valence-corrected chi connectivity index (χ2v) is 7.51. The van der Waals surface area contributed by atoms with E-state index in [0.717, 1.165) is 43.1 Å². The van der Waals surface area contributed by atoms with E-state index in [-0.39, 0.29) is 17.9 Å². The first-order chi connectivity index (χ1) is 13.5. The molecular weight excluding hydrogens is 354 g/mol. The zero-order valence-electron chi connectivity index (χ0n) is 16.3. The minimum atomic E-state index is -0.330. The highest BCUT2D eigenvalue weighted by Gasteiger charge is 2.32. The van der Waals surface area contributed by atoms with Gasteiger partial charge < -0.3 is 15.1 Å². The molecule has 1 N–H and O–H groups in total. The Hall–Kier alpha value is -2.96. The van der Waals surface area contributed by atoms with E-state index in [2.05, 4.69) is 38.4 Å². The molecule has 0 unspecified atom stereocenters. The lowest BCUT2D eigenvalue weighted by Gasteiger charge is -2.22. The molecule has 3 heterocycles. The van der Waals surface area contributed by atoms with Gasteiger partial charge in [-0.3, -0.25) is 9.59 Å². The van der Waals surface area contributed by atoms with E-state index in [1.807, 2.05) is 13.0 Å². The Morgan fingerprint density at radius 3 is 2.82 bits per heavy atom. The third-order valence-electron chi connectivity index (χ3n) is 5.51. The van der Waals surface area contributed by atoms with Crippen molar-refractivity contribution in [2.45, 2.75) is 52.4 Å². The maximum Gasteiger partial charge on any atom is 0.243 e. The number of hydrogen-bond acceptors (Lipinski definition) is 5. The summed E-state index contributed by atoms with van der Waals surface area (Å²) in [5.41, 5.74) is 3.61. The van der Waals surface area contributed by atoms with Crippen molar-refractivity contribution >= 4 is 17.6 Å². The Balaban J connectivity index is 1.39. The van der Waals surface area contributed by atoms with Crippen LogP contribution in [0.3, 0.4) is 0 Å². The monoisotopic (exact) mass is 379 g/mol. The summed E-state index contributed by atoms with van der Waals surface area (Å²) in [6.45, 7) is 6.19. The number of benzene rings is 1. The normalized spacial score (nSPS) is 18.3. The summed E-state index contributed by atoms with van der Waals surface area (Å²) in [7, 11) is 0. The molecule has 2 aliphatic rings. The Bertz CT molecular complexity index is 913. The number of aryl methyl sites for hydroxylation is 1. The first-order valence-corrected chi connectivity index (χ1v) is 9.71. The highest BCUT2D eigenvalue weighted by molar-refractivity contribution is 5.87. The Morgan fingerprint density at radius 2 is 2.04 bits per heavy atom. The van der Waals surface area contributed by atoms with E-state index in [1.165, 1.54) is 18.1 Å². The second-order valence-electron chi connectivity index (χ2n) is 7.51. The van der Waals surface area contributed by atoms with E-state index in [9.17, 15) is 9.59 Å². The molecule has 2 amide bonds. The molecule has 1 aromatic heterocycles. The molecule has 0 saturated carbocycles. The zero-order chi connectivity index (χ0) is 19.7. The maximum atomic E-state index is 12.5. The Kier molecular flexibility index (Phi) is 4.98. The van der Waals surface area contributed by atoms with Crippen LogP contribution < -0.4 is 10.2 Å². The lowest BCUT2D eigenvalue weighted by molar-refractivity contribution is -0.136. The van der Waals surface area contributed by atoms with Crippen LogP contribution in [0, 0.1) is 6.92 Å². The van der Waals surface area contributed by atoms with Gasteiger partial charge in [-0.25, -0.2) is 9.97 Å². The molecule has 0 radical (unpaired) electrons. The molecule has 0 bridgehead atoms. The largest absolute Gasteiger partial charge is 0.350 e. The highest BCUT2D eigenvalue weighted by Crippen LogP contribution is 2.27. The predicted molar refractivity (Wildman–Crippen MR) is 105 cm³/mol. The molecule has 1 atom stereocenters. The zero-order valence-corrected chi connectivity index (χ0v) is 16.3. The number of nitrogens with zero attached hydrogens (tertiary/aromatic N) is 4. The standard InChI is InChI=1S/C21H25N5O2/c1-14-22-8-7-20(24-14)25-12-17-6-5-16(10-18(17)13-25)11-23-21(28)19-4-3-9-26(19)15(2)27/h5-8,10,19H,3-4,9,11-13H2,1-2H3,(H,23,28)/t19-/m1/s1. The molecule has 2 aliphatic heterocycles. The van der Waals surface area contributed by atoms with Crippen molar-refractivity contribution in [3.8, 4) is 0 Å². The van der Waals surface area contributed by atoms with E-state index < -0.39 is 0 Å². The van der Waals surface area contributed by atoms with E-state index in [1.54, 1.807) is 11.1 Å². The summed E-state index contributed by atoms with van der Waals surface area (Å²) in [5.74, 6) is 1.61. The van der Waals surface area contributed by atoms with Crippen LogP contribution in [-0.4, -0.2) is 39.3 Å². The van der Waals surface area contributed by atoms with Crippen LogP contribution in [0.4, 0.5) is 5.82 Å². The molecule has 7 heteroatoms. The molecular formula is C21H25N5O2. The van der Waals surface area contributed by atoms with Gasteiger partial charge in [-0.2, -0.15) is 0 Å². The number of anilines is 1. The molecule has 2 aromatic rings. The van der Waals surface area contributed by atoms with Gasteiger partial charge in [0.05, 0.1) is 0 Å². The van der Waals surface area contributed by atoms with Crippen LogP contribution in [-0.2, 0) is 29.2 Å². The summed E-state index contributed by atoms with van der Waals surface area (Å²) >= 11 is 0. The van der Waals surface area contributed by atoms with Crippen LogP contribution in [0.5, 0.6) is 0 Å². The highest BCUT2D eigenvalue weighted by atomic mass is 16.2. The molecule has 4 rings (SSSR count). The average molecular weight is 379 g/mol. The quantitative estimate of drug-likeness (QED) is 0.878. The summed E-state index contributed by atoms with van der Waals surface area (Å²) in [4.78, 5) is 36.7. The molecule has 0 spiro atoms. The van der Waals surface area contributed by atoms with Gasteiger partial charge in [0, 0.05) is 39.3 Å². The molecule has 0 aliphatic carbocycles. The van der Waals surface area contributed by atoms with Gasteiger partial charge in [0.1, 0.15) is 17.7 Å². The van der Waals surface area contributed by atoms with E-state index in [0.29, 0.717) is 13.1 Å². The van der Waals surface area contributed by atoms with Crippen molar-refractivity contribution in [3.63, 3.8) is 0 Å². The third-order valence-corrected chi connectivity index (χ3v) is 5.51. The fourth-order valence-electron chi connectivity index (χ4n) is 4.06. The van der Waals surface area contributed by atoms with Gasteiger partial charge in [0.2, 0.25) is 11.8 Å². The molecule has 1 aromatic carbocycles. The Labute approximate surface area is 164 Å². The number of rotatable bonds is 4. The second kappa shape index (κ2) is 7.58. The average Bonchev–Trinajstić information content (AvgIpc) is 3.32. The molecule has 7 nitrogen and oxygen atoms in total. The molecule has 146 valence electrons. The summed E-state index contributed by atoms with van der Waals surface area (Å²) < 4.78 is 0. The number of fused-ring (bicyclic) bond motifs is 1. The van der Waals surface area contributed by atoms with Crippen molar-refractivity contribution in [1.29, 1.82) is 0 Å². The van der Waals surface area contributed by atoms with E-state index >= 15 is 0 Å². The lowest BCUT2D eigenvalue weighted by Crippen LogP contribution is -2.44. The first-order valence-electron chi connectivity index (χ1n) is 9.71. The van der Waals surface area contributed by atoms with E-state index in [4.69, 9.17) is 0 Å². The van der Waals surface area contributed by atoms with Crippen LogP contribution in [0.1, 0.15) is 42.3 Å². The summed E-state index contributed by atoms with van der Waals surface area (Å²) in [6.07, 6.45) is 3.41. The fourth-order valence-corrected chi connectivity index (χ4v) is 4.06. The minimum absolute atomic E-state index is 0.0322. The number of nitrogens with one attached hydrogen (secondary N) is 1. The maximum absolute atomic E-state index is 12.5. The number of amides is 2. The predicted octanol–water partition coefficient (Wildman–Crippen LogP) is 1.93. The molecule has 1 fully saturated rings. The van der Waals surface area contributed by atoms with Crippen molar-refractivity contribution in [2.24, 2.45) is 0 Å². The van der Waals surface area contributed by atoms with Gasteiger partial charge >= 0.3 is 0 Å². The summed E-state index contributed by atoms with van der Waals surface area (Å²) in [6, 6.07) is 7.94. The fraction of sp³-hybridized carbons (Fsp3) is 0.429. The number of carbonyl (C=O) groups excluding carboxylic acids is 2. The van der Waals surface area contributed by atoms with Gasteiger partial charge in [0.25, 0.3) is 0 Å². The van der Waals surface area contributed by atoms with Gasteiger partial charge in [0.15, 0.2) is 0 Å². The van der Waals surface area contributed by atoms with Crippen molar-refractivity contribution in [1.82, 2.24) is 20.2 Å². The minimum Gasteiger partial charge on any atom is -0.350 e. The summed E-state index contributed by atoms with van der Waals surface area (Å²) in [5, 5.41) is 3.00. The first kappa shape index (κ1) is 18.4. The Morgan fingerprint density at radius 1 is 1.21 bits per heavy atom. The van der Waals surface area contributed by atoms with Gasteiger partial charge in [-0.05, 0) is 42.5 Å². The molecule has 1 saturated heterocycles. The van der Waals surface area contributed by atoms with Crippen molar-refractivity contribution < 1.29 is 9.59 Å². The SMILES string of the molecule is CC(=O)N1CCC[C@@H]1C(=O)NCc1ccc2c(c1)CN(c1ccnc(C)n1)C2. The number of likely N-dealkylation sites (tertiary alicyclic amines) is 1. The van der Waals surface area contributed by atoms with Crippen LogP contribution in [0.2, 0.25) is 0 Å². The smallest absolute Gasteiger partial charge is 0.243 e. The number of carbonyl (C=O) groups is 2. The number of hydrogen-bond donors (Lipinski definition) is 1. The van der Waals surface area contributed by atoms with Crippen LogP contribution >= 0.6 is 0 Å². The van der Waals surface area contributed by atoms with Crippen molar-refractivity contribution in [3.05, 3.63) is 53.0 Å². The topological polar surface area (TPSA) is 78.4 Å². The third kappa shape index (κ3) is 3.69. The van der Waals surface area contributed by atoms with Gasteiger partial charge in [-0.1, -0.05) is 18.2 Å². The van der Waals surface area contributed by atoms with Crippen LogP contribution in [0.15, 0.2) is 30.5 Å². The van der Waals surface area contributed by atoms with Gasteiger partial charge in [-0.15, -0.1) is 0 Å².